The lowest BCUT2D eigenvalue weighted by atomic mass is 10.3. The zero-order valence-corrected chi connectivity index (χ0v) is 8.22. The first-order valence-corrected chi connectivity index (χ1v) is 4.34. The highest BCUT2D eigenvalue weighted by Gasteiger charge is 1.92. The lowest BCUT2D eigenvalue weighted by molar-refractivity contribution is -0.126. The standard InChI is InChI=1S/C4H10N2.C2H4O2.C2H6/c1-2-4-6-5-3-1;1-4-2-3;1-2/h5-6H,1-4H2;2H,1H3;1-2H3. The molecule has 2 N–H and O–H groups in total. The van der Waals surface area contributed by atoms with Gasteiger partial charge < -0.3 is 4.74 Å². The topological polar surface area (TPSA) is 50.4 Å². The minimum absolute atomic E-state index is 0.375. The summed E-state index contributed by atoms with van der Waals surface area (Å²) in [6.45, 7) is 6.65. The summed E-state index contributed by atoms with van der Waals surface area (Å²) >= 11 is 0. The molecule has 0 unspecified atom stereocenters. The van der Waals surface area contributed by atoms with Gasteiger partial charge in [-0.2, -0.15) is 0 Å². The third kappa shape index (κ3) is 16.2. The summed E-state index contributed by atoms with van der Waals surface area (Å²) in [5.41, 5.74) is 6.07. The van der Waals surface area contributed by atoms with Gasteiger partial charge in [0.2, 0.25) is 0 Å². The maximum Gasteiger partial charge on any atom is 0.292 e. The van der Waals surface area contributed by atoms with E-state index in [9.17, 15) is 0 Å². The largest absolute Gasteiger partial charge is 0.471 e. The Kier molecular flexibility index (Phi) is 19.5. The van der Waals surface area contributed by atoms with E-state index in [1.807, 2.05) is 13.8 Å². The molecule has 0 saturated carbocycles. The van der Waals surface area contributed by atoms with E-state index in [-0.39, 0.29) is 0 Å². The smallest absolute Gasteiger partial charge is 0.292 e. The van der Waals surface area contributed by atoms with Crippen LogP contribution in [0.15, 0.2) is 0 Å². The lowest BCUT2D eigenvalue weighted by Gasteiger charge is -2.10. The molecular weight excluding hydrogens is 156 g/mol. The predicted molar refractivity (Wildman–Crippen MR) is 49.7 cm³/mol. The molecule has 4 nitrogen and oxygen atoms in total. The zero-order chi connectivity index (χ0) is 9.66. The number of methoxy groups -OCH3 is 1. The maximum absolute atomic E-state index is 8.95. The van der Waals surface area contributed by atoms with Crippen molar-refractivity contribution in [2.75, 3.05) is 20.2 Å². The number of ether oxygens (including phenoxy) is 1. The SMILES string of the molecule is C1CCNNC1.CC.COC=O. The average Bonchev–Trinajstić information content (AvgIpc) is 2.24. The quantitative estimate of drug-likeness (QED) is 0.577. The number of nitrogens with one attached hydrogen (secondary N) is 2. The van der Waals surface area contributed by atoms with Gasteiger partial charge in [0, 0.05) is 13.1 Å². The summed E-state index contributed by atoms with van der Waals surface area (Å²) in [7, 11) is 1.31. The minimum Gasteiger partial charge on any atom is -0.471 e. The molecule has 1 heterocycles. The normalized spacial score (nSPS) is 14.2. The van der Waals surface area contributed by atoms with Crippen molar-refractivity contribution in [1.82, 2.24) is 10.9 Å². The second kappa shape index (κ2) is 16.8. The molecule has 0 bridgehead atoms. The van der Waals surface area contributed by atoms with Crippen LogP contribution in [0.4, 0.5) is 0 Å². The molecule has 74 valence electrons. The van der Waals surface area contributed by atoms with E-state index < -0.39 is 0 Å². The number of carbonyl (C=O) groups excluding carboxylic acids is 1. The van der Waals surface area contributed by atoms with Crippen molar-refractivity contribution in [3.63, 3.8) is 0 Å². The van der Waals surface area contributed by atoms with Crippen LogP contribution in [0.5, 0.6) is 0 Å². The number of hydrazine groups is 1. The third-order valence-corrected chi connectivity index (χ3v) is 1.07. The Balaban J connectivity index is 0. The van der Waals surface area contributed by atoms with Crippen LogP contribution in [0.2, 0.25) is 0 Å². The van der Waals surface area contributed by atoms with Gasteiger partial charge in [-0.25, -0.2) is 0 Å². The van der Waals surface area contributed by atoms with E-state index >= 15 is 0 Å². The Labute approximate surface area is 74.6 Å². The average molecular weight is 176 g/mol. The molecule has 1 aliphatic rings. The van der Waals surface area contributed by atoms with Crippen molar-refractivity contribution in [2.45, 2.75) is 26.7 Å². The summed E-state index contributed by atoms with van der Waals surface area (Å²) in [5.74, 6) is 0. The molecule has 1 aliphatic heterocycles. The van der Waals surface area contributed by atoms with E-state index in [0.29, 0.717) is 6.47 Å². The van der Waals surface area contributed by atoms with Crippen LogP contribution in [0, 0.1) is 0 Å². The molecule has 1 saturated heterocycles. The molecule has 0 atom stereocenters. The molecule has 0 amide bonds. The van der Waals surface area contributed by atoms with Crippen molar-refractivity contribution in [3.8, 4) is 0 Å². The van der Waals surface area contributed by atoms with E-state index in [0.717, 1.165) is 13.1 Å². The first-order chi connectivity index (χ1) is 5.91. The Morgan fingerprint density at radius 3 is 1.58 bits per heavy atom. The molecule has 12 heavy (non-hydrogen) atoms. The minimum atomic E-state index is 0.375. The summed E-state index contributed by atoms with van der Waals surface area (Å²) in [6.07, 6.45) is 2.65. The van der Waals surface area contributed by atoms with Gasteiger partial charge in [-0.3, -0.25) is 15.6 Å². The molecule has 0 radical (unpaired) electrons. The van der Waals surface area contributed by atoms with Crippen LogP contribution in [-0.4, -0.2) is 26.7 Å². The van der Waals surface area contributed by atoms with E-state index in [2.05, 4.69) is 15.6 Å². The van der Waals surface area contributed by atoms with Gasteiger partial charge in [0.15, 0.2) is 0 Å². The van der Waals surface area contributed by atoms with E-state index in [1.165, 1.54) is 20.0 Å². The van der Waals surface area contributed by atoms with Crippen LogP contribution in [-0.2, 0) is 9.53 Å². The van der Waals surface area contributed by atoms with Gasteiger partial charge >= 0.3 is 0 Å². The molecule has 0 aromatic rings. The van der Waals surface area contributed by atoms with Gasteiger partial charge in [0.1, 0.15) is 0 Å². The number of hydrogen-bond donors (Lipinski definition) is 2. The monoisotopic (exact) mass is 176 g/mol. The summed E-state index contributed by atoms with van der Waals surface area (Å²) in [6, 6.07) is 0. The highest BCUT2D eigenvalue weighted by Crippen LogP contribution is 1.85. The first kappa shape index (κ1) is 13.9. The van der Waals surface area contributed by atoms with Crippen LogP contribution < -0.4 is 10.9 Å². The number of rotatable bonds is 1. The van der Waals surface area contributed by atoms with Crippen molar-refractivity contribution < 1.29 is 9.53 Å². The molecular formula is C8H20N2O2. The fraction of sp³-hybridized carbons (Fsp3) is 0.875. The van der Waals surface area contributed by atoms with E-state index in [4.69, 9.17) is 4.79 Å². The predicted octanol–water partition coefficient (Wildman–Crippen LogP) is 0.690. The van der Waals surface area contributed by atoms with Crippen LogP contribution >= 0.6 is 0 Å². The molecule has 0 aliphatic carbocycles. The van der Waals surface area contributed by atoms with Gasteiger partial charge in [0.25, 0.3) is 6.47 Å². The van der Waals surface area contributed by atoms with Gasteiger partial charge in [0.05, 0.1) is 7.11 Å². The van der Waals surface area contributed by atoms with Crippen LogP contribution in [0.1, 0.15) is 26.7 Å². The zero-order valence-electron chi connectivity index (χ0n) is 8.22. The van der Waals surface area contributed by atoms with E-state index in [1.54, 1.807) is 0 Å². The highest BCUT2D eigenvalue weighted by molar-refractivity contribution is 5.36. The summed E-state index contributed by atoms with van der Waals surface area (Å²) < 4.78 is 3.86. The first-order valence-electron chi connectivity index (χ1n) is 4.34. The van der Waals surface area contributed by atoms with Gasteiger partial charge in [-0.05, 0) is 12.8 Å². The van der Waals surface area contributed by atoms with Gasteiger partial charge in [-0.1, -0.05) is 13.8 Å². The number of carbonyl (C=O) groups is 1. The van der Waals surface area contributed by atoms with Gasteiger partial charge in [-0.15, -0.1) is 0 Å². The highest BCUT2D eigenvalue weighted by atomic mass is 16.5. The molecule has 1 fully saturated rings. The van der Waals surface area contributed by atoms with Crippen molar-refractivity contribution in [3.05, 3.63) is 0 Å². The van der Waals surface area contributed by atoms with Crippen molar-refractivity contribution in [2.24, 2.45) is 0 Å². The molecule has 0 spiro atoms. The van der Waals surface area contributed by atoms with Crippen LogP contribution in [0.25, 0.3) is 0 Å². The maximum atomic E-state index is 8.95. The second-order valence-corrected chi connectivity index (χ2v) is 1.89. The summed E-state index contributed by atoms with van der Waals surface area (Å²) in [5, 5.41) is 0. The van der Waals surface area contributed by atoms with Crippen LogP contribution in [0.3, 0.4) is 0 Å². The third-order valence-electron chi connectivity index (χ3n) is 1.07. The molecule has 1 rings (SSSR count). The Morgan fingerprint density at radius 2 is 1.50 bits per heavy atom. The van der Waals surface area contributed by atoms with Crippen molar-refractivity contribution in [1.29, 1.82) is 0 Å². The molecule has 0 aromatic heterocycles. The Hall–Kier alpha value is -0.610. The Bertz CT molecular complexity index is 63.9. The second-order valence-electron chi connectivity index (χ2n) is 1.89. The summed E-state index contributed by atoms with van der Waals surface area (Å²) in [4.78, 5) is 8.95. The Morgan fingerprint density at radius 1 is 1.17 bits per heavy atom. The number of hydrogen-bond acceptors (Lipinski definition) is 4. The van der Waals surface area contributed by atoms with Crippen molar-refractivity contribution >= 4 is 6.47 Å². The lowest BCUT2D eigenvalue weighted by Crippen LogP contribution is -2.37. The fourth-order valence-electron chi connectivity index (χ4n) is 0.604. The fourth-order valence-corrected chi connectivity index (χ4v) is 0.604. The molecule has 4 heteroatoms. The molecule has 0 aromatic carbocycles.